The van der Waals surface area contributed by atoms with Crippen LogP contribution in [0.3, 0.4) is 0 Å². The third-order valence-electron chi connectivity index (χ3n) is 4.78. The first-order valence-corrected chi connectivity index (χ1v) is 8.56. The van der Waals surface area contributed by atoms with Crippen LogP contribution in [0.15, 0.2) is 36.7 Å². The monoisotopic (exact) mass is 343 g/mol. The Morgan fingerprint density at radius 3 is 2.88 bits per heavy atom. The van der Waals surface area contributed by atoms with E-state index in [1.54, 1.807) is 29.0 Å². The number of hydrogen-bond acceptors (Lipinski definition) is 5. The van der Waals surface area contributed by atoms with Crippen LogP contribution in [0.2, 0.25) is 0 Å². The van der Waals surface area contributed by atoms with E-state index >= 15 is 0 Å². The molecule has 2 aromatic rings. The van der Waals surface area contributed by atoms with Crippen molar-refractivity contribution in [3.05, 3.63) is 42.4 Å². The van der Waals surface area contributed by atoms with Crippen molar-refractivity contribution in [1.29, 1.82) is 0 Å². The van der Waals surface area contributed by atoms with E-state index in [-0.39, 0.29) is 5.91 Å². The summed E-state index contributed by atoms with van der Waals surface area (Å²) in [6.07, 6.45) is 5.18. The van der Waals surface area contributed by atoms with E-state index < -0.39 is 5.60 Å². The zero-order chi connectivity index (χ0) is 17.9. The average Bonchev–Trinajstić information content (AvgIpc) is 3.19. The number of rotatable bonds is 6. The first-order chi connectivity index (χ1) is 12.0. The van der Waals surface area contributed by atoms with Gasteiger partial charge in [-0.05, 0) is 31.0 Å². The molecule has 1 saturated heterocycles. The number of carbonyl (C=O) groups excluding carboxylic acids is 1. The van der Waals surface area contributed by atoms with Gasteiger partial charge in [0.2, 0.25) is 5.91 Å². The number of aryl methyl sites for hydroxylation is 2. The van der Waals surface area contributed by atoms with Crippen molar-refractivity contribution in [2.45, 2.75) is 24.9 Å². The molecular weight excluding hydrogens is 318 g/mol. The minimum absolute atomic E-state index is 0.0333. The van der Waals surface area contributed by atoms with Crippen molar-refractivity contribution in [2.24, 2.45) is 7.05 Å². The predicted molar refractivity (Wildman–Crippen MR) is 95.2 cm³/mol. The molecule has 7 heteroatoms. The van der Waals surface area contributed by atoms with Crippen LogP contribution >= 0.6 is 0 Å². The van der Waals surface area contributed by atoms with E-state index in [4.69, 9.17) is 0 Å². The van der Waals surface area contributed by atoms with E-state index in [0.717, 1.165) is 18.1 Å². The van der Waals surface area contributed by atoms with Gasteiger partial charge in [-0.1, -0.05) is 6.07 Å². The molecule has 0 aromatic carbocycles. The highest BCUT2D eigenvalue weighted by molar-refractivity contribution is 5.76. The van der Waals surface area contributed by atoms with Gasteiger partial charge in [0.05, 0.1) is 6.54 Å². The number of aliphatic hydroxyl groups is 1. The van der Waals surface area contributed by atoms with Crippen LogP contribution in [0, 0.1) is 0 Å². The standard InChI is InChI=1S/C18H25N5O2/c1-21(17(24)7-6-15-8-11-20-22(15)2)13-18(25)9-12-23(14-18)16-5-3-4-10-19-16/h3-5,8,10-11,25H,6-7,9,12-14H2,1-2H3. The molecule has 3 rings (SSSR count). The summed E-state index contributed by atoms with van der Waals surface area (Å²) < 4.78 is 1.78. The Kier molecular flexibility index (Phi) is 5.03. The highest BCUT2D eigenvalue weighted by Gasteiger charge is 2.38. The molecule has 25 heavy (non-hydrogen) atoms. The molecule has 1 N–H and O–H groups in total. The van der Waals surface area contributed by atoms with Crippen molar-refractivity contribution in [1.82, 2.24) is 19.7 Å². The Hall–Kier alpha value is -2.41. The second kappa shape index (κ2) is 7.23. The van der Waals surface area contributed by atoms with Crippen LogP contribution in [0.25, 0.3) is 0 Å². The highest BCUT2D eigenvalue weighted by Crippen LogP contribution is 2.26. The van der Waals surface area contributed by atoms with Gasteiger partial charge in [0.15, 0.2) is 0 Å². The molecule has 1 fully saturated rings. The molecule has 134 valence electrons. The second-order valence-electron chi connectivity index (χ2n) is 6.78. The highest BCUT2D eigenvalue weighted by atomic mass is 16.3. The van der Waals surface area contributed by atoms with Gasteiger partial charge < -0.3 is 14.9 Å². The minimum Gasteiger partial charge on any atom is -0.386 e. The Labute approximate surface area is 147 Å². The fourth-order valence-corrected chi connectivity index (χ4v) is 3.32. The van der Waals surface area contributed by atoms with Crippen LogP contribution in [0.1, 0.15) is 18.5 Å². The first kappa shape index (κ1) is 17.4. The molecule has 1 aliphatic rings. The van der Waals surface area contributed by atoms with Gasteiger partial charge in [0, 0.05) is 51.7 Å². The molecule has 1 amide bonds. The predicted octanol–water partition coefficient (Wildman–Crippen LogP) is 0.847. The van der Waals surface area contributed by atoms with Gasteiger partial charge in [0.25, 0.3) is 0 Å². The van der Waals surface area contributed by atoms with Crippen molar-refractivity contribution in [3.63, 3.8) is 0 Å². The van der Waals surface area contributed by atoms with Crippen LogP contribution < -0.4 is 4.90 Å². The van der Waals surface area contributed by atoms with Gasteiger partial charge in [-0.15, -0.1) is 0 Å². The normalized spacial score (nSPS) is 20.0. The zero-order valence-corrected chi connectivity index (χ0v) is 14.8. The number of likely N-dealkylation sites (N-methyl/N-ethyl adjacent to an activating group) is 1. The maximum Gasteiger partial charge on any atom is 0.222 e. The number of amides is 1. The molecule has 1 atom stereocenters. The van der Waals surface area contributed by atoms with E-state index in [1.165, 1.54) is 0 Å². The van der Waals surface area contributed by atoms with Gasteiger partial charge in [-0.3, -0.25) is 9.48 Å². The Bertz CT molecular complexity index is 717. The van der Waals surface area contributed by atoms with Gasteiger partial charge >= 0.3 is 0 Å². The van der Waals surface area contributed by atoms with E-state index in [2.05, 4.69) is 15.0 Å². The summed E-state index contributed by atoms with van der Waals surface area (Å²) in [5, 5.41) is 15.0. The molecule has 0 radical (unpaired) electrons. The van der Waals surface area contributed by atoms with Gasteiger partial charge in [-0.2, -0.15) is 5.10 Å². The average molecular weight is 343 g/mol. The summed E-state index contributed by atoms with van der Waals surface area (Å²) in [5.74, 6) is 0.898. The van der Waals surface area contributed by atoms with Crippen LogP contribution in [-0.4, -0.2) is 63.0 Å². The van der Waals surface area contributed by atoms with Crippen LogP contribution in [0.5, 0.6) is 0 Å². The number of anilines is 1. The van der Waals surface area contributed by atoms with Crippen LogP contribution in [0.4, 0.5) is 5.82 Å². The van der Waals surface area contributed by atoms with Crippen molar-refractivity contribution in [2.75, 3.05) is 31.6 Å². The fraction of sp³-hybridized carbons (Fsp3) is 0.500. The number of carbonyl (C=O) groups is 1. The van der Waals surface area contributed by atoms with E-state index in [1.807, 2.05) is 31.3 Å². The largest absolute Gasteiger partial charge is 0.386 e. The van der Waals surface area contributed by atoms with Gasteiger partial charge in [-0.25, -0.2) is 4.98 Å². The third-order valence-corrected chi connectivity index (χ3v) is 4.78. The van der Waals surface area contributed by atoms with E-state index in [0.29, 0.717) is 32.4 Å². The topological polar surface area (TPSA) is 74.5 Å². The van der Waals surface area contributed by atoms with Crippen molar-refractivity contribution < 1.29 is 9.90 Å². The van der Waals surface area contributed by atoms with Crippen molar-refractivity contribution >= 4 is 11.7 Å². The molecule has 2 aromatic heterocycles. The van der Waals surface area contributed by atoms with Crippen molar-refractivity contribution in [3.8, 4) is 0 Å². The number of nitrogens with zero attached hydrogens (tertiary/aromatic N) is 5. The lowest BCUT2D eigenvalue weighted by molar-refractivity contribution is -0.132. The summed E-state index contributed by atoms with van der Waals surface area (Å²) in [6, 6.07) is 7.67. The molecule has 3 heterocycles. The number of β-amino-alcohol motifs (C(OH)–C–C–N with tert-alkyl or cyclic N) is 1. The molecule has 1 unspecified atom stereocenters. The first-order valence-electron chi connectivity index (χ1n) is 8.56. The summed E-state index contributed by atoms with van der Waals surface area (Å²) in [4.78, 5) is 20.4. The quantitative estimate of drug-likeness (QED) is 0.842. The lowest BCUT2D eigenvalue weighted by Gasteiger charge is -2.29. The minimum atomic E-state index is -0.894. The lowest BCUT2D eigenvalue weighted by atomic mass is 10.0. The Morgan fingerprint density at radius 1 is 1.36 bits per heavy atom. The lowest BCUT2D eigenvalue weighted by Crippen LogP contribution is -2.46. The zero-order valence-electron chi connectivity index (χ0n) is 14.8. The molecule has 0 spiro atoms. The molecule has 1 aliphatic heterocycles. The smallest absolute Gasteiger partial charge is 0.222 e. The Balaban J connectivity index is 1.52. The SMILES string of the molecule is CN(CC1(O)CCN(c2ccccn2)C1)C(=O)CCc1ccnn1C. The summed E-state index contributed by atoms with van der Waals surface area (Å²) in [6.45, 7) is 1.56. The van der Waals surface area contributed by atoms with E-state index in [9.17, 15) is 9.90 Å². The van der Waals surface area contributed by atoms with Gasteiger partial charge in [0.1, 0.15) is 11.4 Å². The number of pyridine rings is 1. The molecule has 0 aliphatic carbocycles. The number of aromatic nitrogens is 3. The summed E-state index contributed by atoms with van der Waals surface area (Å²) in [7, 11) is 3.63. The third kappa shape index (κ3) is 4.17. The maximum atomic E-state index is 12.4. The molecular formula is C18H25N5O2. The molecule has 7 nitrogen and oxygen atoms in total. The molecule has 0 saturated carbocycles. The number of hydrogen-bond donors (Lipinski definition) is 1. The fourth-order valence-electron chi connectivity index (χ4n) is 3.32. The second-order valence-corrected chi connectivity index (χ2v) is 6.78. The van der Waals surface area contributed by atoms with Crippen LogP contribution in [-0.2, 0) is 18.3 Å². The summed E-state index contributed by atoms with van der Waals surface area (Å²) >= 11 is 0. The Morgan fingerprint density at radius 2 is 2.20 bits per heavy atom. The maximum absolute atomic E-state index is 12.4. The molecule has 0 bridgehead atoms. The summed E-state index contributed by atoms with van der Waals surface area (Å²) in [5.41, 5.74) is 0.136.